The van der Waals surface area contributed by atoms with Gasteiger partial charge in [0, 0.05) is 24.7 Å². The molecule has 2 aliphatic rings. The Balaban J connectivity index is 1.88. The van der Waals surface area contributed by atoms with E-state index in [1.54, 1.807) is 18.2 Å². The lowest BCUT2D eigenvalue weighted by Crippen LogP contribution is -2.40. The lowest BCUT2D eigenvalue weighted by Gasteiger charge is -2.34. The average Bonchev–Trinajstić information content (AvgIpc) is 3.03. The normalized spacial score (nSPS) is 19.2. The molecular formula is C25H27ClN2O4. The molecule has 1 fully saturated rings. The molecule has 1 N–H and O–H groups in total. The molecule has 7 heteroatoms. The van der Waals surface area contributed by atoms with Crippen molar-refractivity contribution in [2.24, 2.45) is 5.92 Å². The summed E-state index contributed by atoms with van der Waals surface area (Å²) in [5, 5.41) is 10.1. The first kappa shape index (κ1) is 22.4. The van der Waals surface area contributed by atoms with Gasteiger partial charge in [-0.05, 0) is 61.9 Å². The summed E-state index contributed by atoms with van der Waals surface area (Å²) in [4.78, 5) is 30.7. The summed E-state index contributed by atoms with van der Waals surface area (Å²) in [6.45, 7) is 5.17. The molecule has 0 spiro atoms. The Kier molecular flexibility index (Phi) is 6.26. The zero-order valence-corrected chi connectivity index (χ0v) is 19.3. The van der Waals surface area contributed by atoms with Gasteiger partial charge >= 0.3 is 0 Å². The molecule has 0 bridgehead atoms. The molecule has 2 aromatic rings. The highest BCUT2D eigenvalue weighted by Gasteiger charge is 2.44. The van der Waals surface area contributed by atoms with E-state index in [-0.39, 0.29) is 12.5 Å². The number of anilines is 1. The lowest BCUT2D eigenvalue weighted by molar-refractivity contribution is -0.120. The molecular weight excluding hydrogens is 428 g/mol. The van der Waals surface area contributed by atoms with Gasteiger partial charge in [-0.2, -0.15) is 0 Å². The lowest BCUT2D eigenvalue weighted by atomic mass is 9.95. The summed E-state index contributed by atoms with van der Waals surface area (Å²) >= 11 is 6.21. The van der Waals surface area contributed by atoms with Crippen LogP contribution in [0.15, 0.2) is 42.1 Å². The number of hydrogen-bond donors (Lipinski definition) is 1. The van der Waals surface area contributed by atoms with Crippen molar-refractivity contribution in [2.75, 3.05) is 31.7 Å². The second-order valence-electron chi connectivity index (χ2n) is 8.44. The van der Waals surface area contributed by atoms with Crippen LogP contribution in [0.4, 0.5) is 5.69 Å². The highest BCUT2D eigenvalue weighted by atomic mass is 35.5. The molecule has 2 heterocycles. The van der Waals surface area contributed by atoms with Gasteiger partial charge in [0.2, 0.25) is 0 Å². The van der Waals surface area contributed by atoms with E-state index in [9.17, 15) is 14.7 Å². The largest absolute Gasteiger partial charge is 0.495 e. The quantitative estimate of drug-likeness (QED) is 0.692. The maximum absolute atomic E-state index is 13.8. The Labute approximate surface area is 193 Å². The topological polar surface area (TPSA) is 70.1 Å². The van der Waals surface area contributed by atoms with Gasteiger partial charge in [-0.1, -0.05) is 35.4 Å². The van der Waals surface area contributed by atoms with Gasteiger partial charge in [-0.3, -0.25) is 9.59 Å². The minimum Gasteiger partial charge on any atom is -0.495 e. The zero-order chi connectivity index (χ0) is 23.0. The monoisotopic (exact) mass is 454 g/mol. The second-order valence-corrected chi connectivity index (χ2v) is 8.88. The maximum atomic E-state index is 13.8. The van der Waals surface area contributed by atoms with Crippen LogP contribution in [0.25, 0.3) is 5.57 Å². The van der Waals surface area contributed by atoms with Crippen LogP contribution in [0.2, 0.25) is 5.02 Å². The first-order valence-corrected chi connectivity index (χ1v) is 11.1. The Morgan fingerprint density at radius 1 is 1.12 bits per heavy atom. The first-order chi connectivity index (χ1) is 15.3. The van der Waals surface area contributed by atoms with E-state index in [1.807, 2.05) is 36.9 Å². The third-order valence-electron chi connectivity index (χ3n) is 6.19. The number of carbonyl (C=O) groups excluding carboxylic acids is 2. The molecule has 32 heavy (non-hydrogen) atoms. The van der Waals surface area contributed by atoms with E-state index in [0.717, 1.165) is 34.4 Å². The molecule has 0 aliphatic carbocycles. The Morgan fingerprint density at radius 2 is 1.91 bits per heavy atom. The number of hydrogen-bond acceptors (Lipinski definition) is 5. The predicted molar refractivity (Wildman–Crippen MR) is 125 cm³/mol. The standard InChI is InChI=1S/C25H27ClN2O4/c1-15-6-8-19(16(2)11-15)22-23(27-10-4-5-17(13-27)14-29)25(31)28(24(22)30)20-12-18(26)7-9-21(20)32-3/h6-9,11-12,17,29H,4-5,10,13-14H2,1-3H3. The minimum atomic E-state index is -0.399. The number of methoxy groups -OCH3 is 1. The zero-order valence-electron chi connectivity index (χ0n) is 18.5. The van der Waals surface area contributed by atoms with Gasteiger partial charge in [0.1, 0.15) is 11.4 Å². The summed E-state index contributed by atoms with van der Waals surface area (Å²) in [7, 11) is 1.49. The van der Waals surface area contributed by atoms with Crippen LogP contribution in [0.1, 0.15) is 29.5 Å². The number of aryl methyl sites for hydroxylation is 2. The SMILES string of the molecule is COc1ccc(Cl)cc1N1C(=O)C(c2ccc(C)cc2C)=C(N2CCCC(CO)C2)C1=O. The van der Waals surface area contributed by atoms with E-state index < -0.39 is 11.8 Å². The van der Waals surface area contributed by atoms with E-state index in [4.69, 9.17) is 16.3 Å². The number of ether oxygens (including phenoxy) is 1. The van der Waals surface area contributed by atoms with Gasteiger partial charge < -0.3 is 14.7 Å². The van der Waals surface area contributed by atoms with Crippen molar-refractivity contribution >= 4 is 34.7 Å². The Hall–Kier alpha value is -2.83. The van der Waals surface area contributed by atoms with Crippen molar-refractivity contribution in [1.82, 2.24) is 4.90 Å². The van der Waals surface area contributed by atoms with Crippen molar-refractivity contribution in [1.29, 1.82) is 0 Å². The van der Waals surface area contributed by atoms with Gasteiger partial charge in [0.15, 0.2) is 0 Å². The molecule has 1 saturated heterocycles. The fourth-order valence-corrected chi connectivity index (χ4v) is 4.79. The number of carbonyl (C=O) groups is 2. The molecule has 2 amide bonds. The number of rotatable bonds is 5. The number of amides is 2. The van der Waals surface area contributed by atoms with Crippen molar-refractivity contribution in [2.45, 2.75) is 26.7 Å². The predicted octanol–water partition coefficient (Wildman–Crippen LogP) is 3.95. The molecule has 1 atom stereocenters. The third kappa shape index (κ3) is 3.89. The Morgan fingerprint density at radius 3 is 2.59 bits per heavy atom. The molecule has 0 saturated carbocycles. The number of piperidine rings is 1. The van der Waals surface area contributed by atoms with Crippen molar-refractivity contribution in [3.8, 4) is 5.75 Å². The highest BCUT2D eigenvalue weighted by Crippen LogP contribution is 2.41. The van der Waals surface area contributed by atoms with E-state index >= 15 is 0 Å². The van der Waals surface area contributed by atoms with Crippen LogP contribution in [0.3, 0.4) is 0 Å². The van der Waals surface area contributed by atoms with E-state index in [2.05, 4.69) is 0 Å². The van der Waals surface area contributed by atoms with E-state index in [1.165, 1.54) is 7.11 Å². The average molecular weight is 455 g/mol. The molecule has 0 aromatic heterocycles. The Bertz CT molecular complexity index is 1110. The summed E-state index contributed by atoms with van der Waals surface area (Å²) in [6.07, 6.45) is 1.74. The molecule has 2 aliphatic heterocycles. The fraction of sp³-hybridized carbons (Fsp3) is 0.360. The molecule has 168 valence electrons. The van der Waals surface area contributed by atoms with Crippen molar-refractivity contribution in [3.05, 3.63) is 63.8 Å². The number of benzene rings is 2. The first-order valence-electron chi connectivity index (χ1n) is 10.8. The van der Waals surface area contributed by atoms with Crippen LogP contribution in [0, 0.1) is 19.8 Å². The molecule has 4 rings (SSSR count). The number of imide groups is 1. The molecule has 2 aromatic carbocycles. The van der Waals surface area contributed by atoms with Crippen LogP contribution in [-0.2, 0) is 9.59 Å². The molecule has 1 unspecified atom stereocenters. The third-order valence-corrected chi connectivity index (χ3v) is 6.42. The number of nitrogens with zero attached hydrogens (tertiary/aromatic N) is 2. The summed E-state index contributed by atoms with van der Waals surface area (Å²) in [5.74, 6) is -0.341. The summed E-state index contributed by atoms with van der Waals surface area (Å²) < 4.78 is 5.44. The number of aliphatic hydroxyl groups excluding tert-OH is 1. The van der Waals surface area contributed by atoms with Crippen molar-refractivity contribution in [3.63, 3.8) is 0 Å². The van der Waals surface area contributed by atoms with Crippen LogP contribution >= 0.6 is 11.6 Å². The smallest absolute Gasteiger partial charge is 0.282 e. The second kappa shape index (κ2) is 8.96. The van der Waals surface area contributed by atoms with Gasteiger partial charge in [0.05, 0.1) is 18.4 Å². The number of halogens is 1. The number of aliphatic hydroxyl groups is 1. The fourth-order valence-electron chi connectivity index (χ4n) is 4.62. The molecule has 6 nitrogen and oxygen atoms in total. The minimum absolute atomic E-state index is 0.0522. The van der Waals surface area contributed by atoms with Crippen molar-refractivity contribution < 1.29 is 19.4 Å². The molecule has 0 radical (unpaired) electrons. The number of likely N-dealkylation sites (tertiary alicyclic amines) is 1. The highest BCUT2D eigenvalue weighted by molar-refractivity contribution is 6.46. The maximum Gasteiger partial charge on any atom is 0.282 e. The van der Waals surface area contributed by atoms with Gasteiger partial charge in [0.25, 0.3) is 11.8 Å². The van der Waals surface area contributed by atoms with Crippen LogP contribution < -0.4 is 9.64 Å². The van der Waals surface area contributed by atoms with Gasteiger partial charge in [-0.15, -0.1) is 0 Å². The van der Waals surface area contributed by atoms with E-state index in [0.29, 0.717) is 40.8 Å². The van der Waals surface area contributed by atoms with Gasteiger partial charge in [-0.25, -0.2) is 4.90 Å². The van der Waals surface area contributed by atoms with Crippen LogP contribution in [-0.4, -0.2) is 48.6 Å². The summed E-state index contributed by atoms with van der Waals surface area (Å²) in [6, 6.07) is 10.7. The van der Waals surface area contributed by atoms with Crippen LogP contribution in [0.5, 0.6) is 5.75 Å². The summed E-state index contributed by atoms with van der Waals surface area (Å²) in [5.41, 5.74) is 3.82.